The topological polar surface area (TPSA) is 64.9 Å². The van der Waals surface area contributed by atoms with Gasteiger partial charge in [0, 0.05) is 22.4 Å². The minimum atomic E-state index is -0.214. The Labute approximate surface area is 117 Å². The van der Waals surface area contributed by atoms with Crippen LogP contribution in [0.15, 0.2) is 33.7 Å². The second kappa shape index (κ2) is 5.75. The lowest BCUT2D eigenvalue weighted by Gasteiger charge is -2.16. The third kappa shape index (κ3) is 4.08. The van der Waals surface area contributed by atoms with Crippen molar-refractivity contribution in [1.82, 2.24) is 10.1 Å². The largest absolute Gasteiger partial charge is 0.339 e. The van der Waals surface area contributed by atoms with Crippen molar-refractivity contribution in [2.75, 3.05) is 6.26 Å². The molecule has 1 heterocycles. The maximum absolute atomic E-state index is 5.94. The van der Waals surface area contributed by atoms with Crippen LogP contribution in [0.25, 0.3) is 11.4 Å². The standard InChI is InChI=1S/C14H19N3OS/c1-14(2,15)9-8-12-16-13(17-18-12)10-4-6-11(19-3)7-5-10/h4-7H,8-9,15H2,1-3H3. The minimum absolute atomic E-state index is 0.214. The van der Waals surface area contributed by atoms with E-state index in [9.17, 15) is 0 Å². The predicted octanol–water partition coefficient (Wildman–Crippen LogP) is 3.13. The van der Waals surface area contributed by atoms with Crippen molar-refractivity contribution < 1.29 is 4.52 Å². The molecule has 102 valence electrons. The monoisotopic (exact) mass is 277 g/mol. The molecule has 0 bridgehead atoms. The van der Waals surface area contributed by atoms with Crippen molar-refractivity contribution in [2.24, 2.45) is 5.73 Å². The number of aryl methyl sites for hydroxylation is 1. The van der Waals surface area contributed by atoms with Gasteiger partial charge in [-0.15, -0.1) is 11.8 Å². The molecule has 1 aromatic heterocycles. The average Bonchev–Trinajstić information content (AvgIpc) is 2.84. The van der Waals surface area contributed by atoms with Crippen molar-refractivity contribution in [2.45, 2.75) is 37.1 Å². The van der Waals surface area contributed by atoms with Crippen LogP contribution in [0.5, 0.6) is 0 Å². The molecule has 19 heavy (non-hydrogen) atoms. The normalized spacial score (nSPS) is 11.8. The quantitative estimate of drug-likeness (QED) is 0.851. The second-order valence-corrected chi connectivity index (χ2v) is 6.11. The summed E-state index contributed by atoms with van der Waals surface area (Å²) in [6, 6.07) is 8.12. The highest BCUT2D eigenvalue weighted by molar-refractivity contribution is 7.98. The molecule has 0 aliphatic heterocycles. The molecule has 0 saturated carbocycles. The van der Waals surface area contributed by atoms with E-state index in [-0.39, 0.29) is 5.54 Å². The second-order valence-electron chi connectivity index (χ2n) is 5.23. The highest BCUT2D eigenvalue weighted by Gasteiger charge is 2.14. The van der Waals surface area contributed by atoms with E-state index in [0.717, 1.165) is 12.0 Å². The molecule has 0 radical (unpaired) electrons. The number of nitrogens with zero attached hydrogens (tertiary/aromatic N) is 2. The Morgan fingerprint density at radius 2 is 1.95 bits per heavy atom. The van der Waals surface area contributed by atoms with E-state index < -0.39 is 0 Å². The number of hydrogen-bond acceptors (Lipinski definition) is 5. The van der Waals surface area contributed by atoms with Gasteiger partial charge >= 0.3 is 0 Å². The fourth-order valence-corrected chi connectivity index (χ4v) is 2.05. The van der Waals surface area contributed by atoms with Gasteiger partial charge in [-0.25, -0.2) is 0 Å². The van der Waals surface area contributed by atoms with Crippen LogP contribution in [0.2, 0.25) is 0 Å². The lowest BCUT2D eigenvalue weighted by molar-refractivity contribution is 0.358. The summed E-state index contributed by atoms with van der Waals surface area (Å²) in [6.07, 6.45) is 3.58. The minimum Gasteiger partial charge on any atom is -0.339 e. The highest BCUT2D eigenvalue weighted by atomic mass is 32.2. The van der Waals surface area contributed by atoms with Crippen LogP contribution in [0.4, 0.5) is 0 Å². The van der Waals surface area contributed by atoms with Crippen LogP contribution < -0.4 is 5.73 Å². The molecule has 2 rings (SSSR count). The summed E-state index contributed by atoms with van der Waals surface area (Å²) in [5.41, 5.74) is 6.70. The molecule has 1 aromatic carbocycles. The Morgan fingerprint density at radius 1 is 1.26 bits per heavy atom. The number of nitrogens with two attached hydrogens (primary N) is 1. The first-order valence-electron chi connectivity index (χ1n) is 6.24. The van der Waals surface area contributed by atoms with Gasteiger partial charge in [0.15, 0.2) is 0 Å². The van der Waals surface area contributed by atoms with Gasteiger partial charge in [0.1, 0.15) is 0 Å². The summed E-state index contributed by atoms with van der Waals surface area (Å²) < 4.78 is 5.25. The predicted molar refractivity (Wildman–Crippen MR) is 78.1 cm³/mol. The van der Waals surface area contributed by atoms with Crippen LogP contribution in [-0.4, -0.2) is 21.9 Å². The van der Waals surface area contributed by atoms with Gasteiger partial charge in [-0.1, -0.05) is 5.16 Å². The molecular formula is C14H19N3OS. The van der Waals surface area contributed by atoms with E-state index in [1.54, 1.807) is 11.8 Å². The number of benzene rings is 1. The van der Waals surface area contributed by atoms with Gasteiger partial charge < -0.3 is 10.3 Å². The van der Waals surface area contributed by atoms with Gasteiger partial charge in [0.25, 0.3) is 0 Å². The molecule has 4 nitrogen and oxygen atoms in total. The summed E-state index contributed by atoms with van der Waals surface area (Å²) in [6.45, 7) is 3.98. The molecule has 2 aromatic rings. The van der Waals surface area contributed by atoms with Crippen molar-refractivity contribution in [3.8, 4) is 11.4 Å². The maximum atomic E-state index is 5.94. The van der Waals surface area contributed by atoms with E-state index in [4.69, 9.17) is 10.3 Å². The first-order chi connectivity index (χ1) is 8.98. The molecule has 2 N–H and O–H groups in total. The molecule has 0 amide bonds. The number of thioether (sulfide) groups is 1. The smallest absolute Gasteiger partial charge is 0.227 e. The average molecular weight is 277 g/mol. The van der Waals surface area contributed by atoms with Crippen molar-refractivity contribution in [3.63, 3.8) is 0 Å². The van der Waals surface area contributed by atoms with E-state index in [1.807, 2.05) is 26.0 Å². The van der Waals surface area contributed by atoms with Crippen LogP contribution in [0.1, 0.15) is 26.2 Å². The van der Waals surface area contributed by atoms with Crippen molar-refractivity contribution in [1.29, 1.82) is 0 Å². The van der Waals surface area contributed by atoms with Crippen LogP contribution in [0.3, 0.4) is 0 Å². The molecule has 0 atom stereocenters. The number of hydrogen-bond donors (Lipinski definition) is 1. The molecule has 0 fully saturated rings. The van der Waals surface area contributed by atoms with E-state index in [0.29, 0.717) is 18.1 Å². The number of aromatic nitrogens is 2. The fourth-order valence-electron chi connectivity index (χ4n) is 1.64. The Balaban J connectivity index is 2.07. The van der Waals surface area contributed by atoms with E-state index >= 15 is 0 Å². The SMILES string of the molecule is CSc1ccc(-c2noc(CCC(C)(C)N)n2)cc1. The molecule has 0 unspecified atom stereocenters. The molecule has 5 heteroatoms. The highest BCUT2D eigenvalue weighted by Crippen LogP contribution is 2.21. The zero-order chi connectivity index (χ0) is 13.9. The summed E-state index contributed by atoms with van der Waals surface area (Å²) in [5, 5.41) is 4.01. The molecular weight excluding hydrogens is 258 g/mol. The maximum Gasteiger partial charge on any atom is 0.227 e. The third-order valence-electron chi connectivity index (χ3n) is 2.80. The molecule has 0 aliphatic carbocycles. The summed E-state index contributed by atoms with van der Waals surface area (Å²) in [4.78, 5) is 5.62. The number of rotatable bonds is 5. The lowest BCUT2D eigenvalue weighted by atomic mass is 10.0. The van der Waals surface area contributed by atoms with Gasteiger partial charge in [0.05, 0.1) is 0 Å². The van der Waals surface area contributed by atoms with E-state index in [2.05, 4.69) is 28.5 Å². The van der Waals surface area contributed by atoms with E-state index in [1.165, 1.54) is 4.90 Å². The molecule has 0 aliphatic rings. The summed E-state index contributed by atoms with van der Waals surface area (Å²) in [5.74, 6) is 1.28. The van der Waals surface area contributed by atoms with Gasteiger partial charge in [-0.2, -0.15) is 4.98 Å². The Hall–Kier alpha value is -1.33. The van der Waals surface area contributed by atoms with Gasteiger partial charge in [0.2, 0.25) is 11.7 Å². The molecule has 0 spiro atoms. The zero-order valence-corrected chi connectivity index (χ0v) is 12.3. The summed E-state index contributed by atoms with van der Waals surface area (Å²) >= 11 is 1.71. The third-order valence-corrected chi connectivity index (χ3v) is 3.54. The van der Waals surface area contributed by atoms with Crippen LogP contribution in [-0.2, 0) is 6.42 Å². The van der Waals surface area contributed by atoms with Crippen LogP contribution >= 0.6 is 11.8 Å². The lowest BCUT2D eigenvalue weighted by Crippen LogP contribution is -2.32. The fraction of sp³-hybridized carbons (Fsp3) is 0.429. The molecule has 0 saturated heterocycles. The zero-order valence-electron chi connectivity index (χ0n) is 11.5. The Morgan fingerprint density at radius 3 is 2.53 bits per heavy atom. The van der Waals surface area contributed by atoms with Crippen LogP contribution in [0, 0.1) is 0 Å². The Bertz CT molecular complexity index is 528. The van der Waals surface area contributed by atoms with Gasteiger partial charge in [-0.05, 0) is 50.8 Å². The van der Waals surface area contributed by atoms with Crippen molar-refractivity contribution >= 4 is 11.8 Å². The Kier molecular flexibility index (Phi) is 4.27. The first kappa shape index (κ1) is 14.1. The van der Waals surface area contributed by atoms with Crippen molar-refractivity contribution in [3.05, 3.63) is 30.2 Å². The summed E-state index contributed by atoms with van der Waals surface area (Å²) in [7, 11) is 0. The first-order valence-corrected chi connectivity index (χ1v) is 7.46. The van der Waals surface area contributed by atoms with Gasteiger partial charge in [-0.3, -0.25) is 0 Å².